The van der Waals surface area contributed by atoms with Gasteiger partial charge in [-0.05, 0) is 19.1 Å². The molecule has 21 heavy (non-hydrogen) atoms. The Morgan fingerprint density at radius 3 is 2.52 bits per heavy atom. The van der Waals surface area contributed by atoms with Gasteiger partial charge in [-0.25, -0.2) is 0 Å². The molecule has 0 fully saturated rings. The number of hydrogen-bond acceptors (Lipinski definition) is 4. The van der Waals surface area contributed by atoms with Crippen LogP contribution in [-0.4, -0.2) is 17.3 Å². The fourth-order valence-corrected chi connectivity index (χ4v) is 2.07. The zero-order valence-electron chi connectivity index (χ0n) is 11.2. The number of nitro benzene ring substituents is 1. The van der Waals surface area contributed by atoms with Gasteiger partial charge in [0.05, 0.1) is 4.92 Å². The first-order chi connectivity index (χ1) is 9.97. The van der Waals surface area contributed by atoms with E-state index in [-0.39, 0.29) is 23.8 Å². The Morgan fingerprint density at radius 1 is 1.24 bits per heavy atom. The standard InChI is InChI=1S/C15H12BrNO4/c1-10-2-4-11(5-3-10)14(18)9-21-15-7-6-12(16)8-13(15)17(19)20/h2-8H,9H2,1H3. The van der Waals surface area contributed by atoms with Crippen molar-refractivity contribution < 1.29 is 14.5 Å². The third-order valence-corrected chi connectivity index (χ3v) is 3.34. The molecule has 2 aromatic carbocycles. The SMILES string of the molecule is Cc1ccc(C(=O)COc2ccc(Br)cc2[N+](=O)[O-])cc1. The van der Waals surface area contributed by atoms with Crippen molar-refractivity contribution in [2.75, 3.05) is 6.61 Å². The van der Waals surface area contributed by atoms with Crippen molar-refractivity contribution in [3.8, 4) is 5.75 Å². The molecule has 0 amide bonds. The van der Waals surface area contributed by atoms with Crippen molar-refractivity contribution in [3.05, 3.63) is 68.2 Å². The van der Waals surface area contributed by atoms with Crippen LogP contribution in [0.5, 0.6) is 5.75 Å². The molecule has 0 saturated carbocycles. The summed E-state index contributed by atoms with van der Waals surface area (Å²) >= 11 is 3.16. The van der Waals surface area contributed by atoms with Crippen molar-refractivity contribution in [2.45, 2.75) is 6.92 Å². The largest absolute Gasteiger partial charge is 0.478 e. The number of nitrogens with zero attached hydrogens (tertiary/aromatic N) is 1. The predicted octanol–water partition coefficient (Wildman–Crippen LogP) is 3.93. The number of halogens is 1. The first-order valence-corrected chi connectivity index (χ1v) is 6.93. The molecule has 5 nitrogen and oxygen atoms in total. The van der Waals surface area contributed by atoms with Crippen molar-refractivity contribution in [1.29, 1.82) is 0 Å². The lowest BCUT2D eigenvalue weighted by molar-refractivity contribution is -0.385. The Bertz CT molecular complexity index is 683. The maximum atomic E-state index is 12.0. The van der Waals surface area contributed by atoms with Crippen molar-refractivity contribution in [1.82, 2.24) is 0 Å². The highest BCUT2D eigenvalue weighted by Gasteiger charge is 2.17. The topological polar surface area (TPSA) is 69.4 Å². The molecule has 2 aromatic rings. The first kappa shape index (κ1) is 15.2. The van der Waals surface area contributed by atoms with Crippen molar-refractivity contribution in [2.24, 2.45) is 0 Å². The number of carbonyl (C=O) groups excluding carboxylic acids is 1. The number of ketones is 1. The smallest absolute Gasteiger partial charge is 0.312 e. The molecule has 0 radical (unpaired) electrons. The quantitative estimate of drug-likeness (QED) is 0.465. The number of Topliss-reactive ketones (excluding diaryl/α,β-unsaturated/α-hetero) is 1. The summed E-state index contributed by atoms with van der Waals surface area (Å²) in [5.41, 5.74) is 1.39. The number of benzene rings is 2. The highest BCUT2D eigenvalue weighted by Crippen LogP contribution is 2.30. The third-order valence-electron chi connectivity index (χ3n) is 2.85. The summed E-state index contributed by atoms with van der Waals surface area (Å²) in [5, 5.41) is 10.9. The Kier molecular flexibility index (Phi) is 4.70. The Morgan fingerprint density at radius 2 is 1.90 bits per heavy atom. The summed E-state index contributed by atoms with van der Waals surface area (Å²) in [6, 6.07) is 11.5. The van der Waals surface area contributed by atoms with Gasteiger partial charge >= 0.3 is 5.69 Å². The number of rotatable bonds is 5. The van der Waals surface area contributed by atoms with Gasteiger partial charge in [-0.3, -0.25) is 14.9 Å². The fraction of sp³-hybridized carbons (Fsp3) is 0.133. The summed E-state index contributed by atoms with van der Waals surface area (Å²) in [6.07, 6.45) is 0. The van der Waals surface area contributed by atoms with Crippen LogP contribution in [0.3, 0.4) is 0 Å². The predicted molar refractivity (Wildman–Crippen MR) is 81.8 cm³/mol. The molecule has 0 saturated heterocycles. The summed E-state index contributed by atoms with van der Waals surface area (Å²) < 4.78 is 5.86. The number of carbonyl (C=O) groups is 1. The van der Waals surface area contributed by atoms with Gasteiger partial charge in [-0.1, -0.05) is 45.8 Å². The molecule has 0 aliphatic heterocycles. The zero-order valence-corrected chi connectivity index (χ0v) is 12.8. The van der Waals surface area contributed by atoms with Crippen LogP contribution in [-0.2, 0) is 0 Å². The Balaban J connectivity index is 2.11. The lowest BCUT2D eigenvalue weighted by Crippen LogP contribution is -2.12. The minimum atomic E-state index is -0.545. The van der Waals surface area contributed by atoms with Crippen LogP contribution >= 0.6 is 15.9 Å². The molecule has 0 heterocycles. The van der Waals surface area contributed by atoms with E-state index in [1.165, 1.54) is 12.1 Å². The van der Waals surface area contributed by atoms with Gasteiger partial charge in [0.1, 0.15) is 0 Å². The van der Waals surface area contributed by atoms with E-state index in [1.54, 1.807) is 18.2 Å². The minimum Gasteiger partial charge on any atom is -0.478 e. The van der Waals surface area contributed by atoms with Gasteiger partial charge in [0.2, 0.25) is 0 Å². The van der Waals surface area contributed by atoms with Crippen molar-refractivity contribution >= 4 is 27.4 Å². The Labute approximate surface area is 129 Å². The average molecular weight is 350 g/mol. The van der Waals surface area contributed by atoms with Crippen LogP contribution in [0.2, 0.25) is 0 Å². The number of hydrogen-bond donors (Lipinski definition) is 0. The summed E-state index contributed by atoms with van der Waals surface area (Å²) in [7, 11) is 0. The normalized spacial score (nSPS) is 10.2. The molecule has 0 N–H and O–H groups in total. The molecular formula is C15H12BrNO4. The van der Waals surface area contributed by atoms with Gasteiger partial charge < -0.3 is 4.74 Å². The molecule has 0 aromatic heterocycles. The molecule has 108 valence electrons. The second-order valence-electron chi connectivity index (χ2n) is 4.45. The number of nitro groups is 1. The minimum absolute atomic E-state index is 0.0728. The van der Waals surface area contributed by atoms with Crippen LogP contribution in [0.15, 0.2) is 46.9 Å². The molecule has 0 unspecified atom stereocenters. The maximum absolute atomic E-state index is 12.0. The molecule has 0 spiro atoms. The second-order valence-corrected chi connectivity index (χ2v) is 5.36. The van der Waals surface area contributed by atoms with Gasteiger partial charge in [0, 0.05) is 16.1 Å². The van der Waals surface area contributed by atoms with E-state index in [9.17, 15) is 14.9 Å². The fourth-order valence-electron chi connectivity index (χ4n) is 1.72. The average Bonchev–Trinajstić information content (AvgIpc) is 2.46. The van der Waals surface area contributed by atoms with E-state index in [0.717, 1.165) is 5.56 Å². The monoisotopic (exact) mass is 349 g/mol. The summed E-state index contributed by atoms with van der Waals surface area (Å²) in [4.78, 5) is 22.4. The van der Waals surface area contributed by atoms with E-state index in [0.29, 0.717) is 10.0 Å². The molecule has 6 heteroatoms. The van der Waals surface area contributed by atoms with Crippen LogP contribution in [0.25, 0.3) is 0 Å². The van der Waals surface area contributed by atoms with Gasteiger partial charge in [-0.15, -0.1) is 0 Å². The first-order valence-electron chi connectivity index (χ1n) is 6.14. The third kappa shape index (κ3) is 3.88. The molecule has 0 atom stereocenters. The zero-order chi connectivity index (χ0) is 15.4. The van der Waals surface area contributed by atoms with Crippen LogP contribution in [0.1, 0.15) is 15.9 Å². The van der Waals surface area contributed by atoms with Crippen LogP contribution < -0.4 is 4.74 Å². The molecular weight excluding hydrogens is 338 g/mol. The van der Waals surface area contributed by atoms with E-state index in [2.05, 4.69) is 15.9 Å². The summed E-state index contributed by atoms with van der Waals surface area (Å²) in [5.74, 6) is -0.157. The van der Waals surface area contributed by atoms with Crippen molar-refractivity contribution in [3.63, 3.8) is 0 Å². The van der Waals surface area contributed by atoms with E-state index in [4.69, 9.17) is 4.74 Å². The number of aryl methyl sites for hydroxylation is 1. The van der Waals surface area contributed by atoms with Crippen LogP contribution in [0, 0.1) is 17.0 Å². The second kappa shape index (κ2) is 6.49. The van der Waals surface area contributed by atoms with E-state index < -0.39 is 4.92 Å². The molecule has 0 aliphatic carbocycles. The lowest BCUT2D eigenvalue weighted by Gasteiger charge is -2.06. The van der Waals surface area contributed by atoms with E-state index >= 15 is 0 Å². The summed E-state index contributed by atoms with van der Waals surface area (Å²) in [6.45, 7) is 1.68. The van der Waals surface area contributed by atoms with Gasteiger partial charge in [-0.2, -0.15) is 0 Å². The maximum Gasteiger partial charge on any atom is 0.312 e. The van der Waals surface area contributed by atoms with Gasteiger partial charge in [0.25, 0.3) is 0 Å². The molecule has 0 bridgehead atoms. The van der Waals surface area contributed by atoms with Crippen LogP contribution in [0.4, 0.5) is 5.69 Å². The van der Waals surface area contributed by atoms with Gasteiger partial charge in [0.15, 0.2) is 18.1 Å². The Hall–Kier alpha value is -2.21. The lowest BCUT2D eigenvalue weighted by atomic mass is 10.1. The highest BCUT2D eigenvalue weighted by atomic mass is 79.9. The number of ether oxygens (including phenoxy) is 1. The molecule has 2 rings (SSSR count). The van der Waals surface area contributed by atoms with E-state index in [1.807, 2.05) is 19.1 Å². The molecule has 0 aliphatic rings. The highest BCUT2D eigenvalue weighted by molar-refractivity contribution is 9.10.